The van der Waals surface area contributed by atoms with Crippen LogP contribution >= 0.6 is 0 Å². The van der Waals surface area contributed by atoms with Crippen molar-refractivity contribution < 1.29 is 8.42 Å². The van der Waals surface area contributed by atoms with Gasteiger partial charge in [0.05, 0.1) is 6.33 Å². The molecule has 0 aliphatic carbocycles. The Balaban J connectivity index is 1.80. The van der Waals surface area contributed by atoms with E-state index in [1.54, 1.807) is 17.8 Å². The molecular weight excluding hydrogens is 274 g/mol. The predicted molar refractivity (Wildman–Crippen MR) is 75.8 cm³/mol. The molecule has 0 spiro atoms. The van der Waals surface area contributed by atoms with Crippen LogP contribution in [0.15, 0.2) is 47.9 Å². The van der Waals surface area contributed by atoms with Gasteiger partial charge in [0.25, 0.3) is 10.0 Å². The third-order valence-corrected chi connectivity index (χ3v) is 5.46. The molecule has 0 radical (unpaired) electrons. The van der Waals surface area contributed by atoms with Crippen molar-refractivity contribution in [2.75, 3.05) is 13.1 Å². The van der Waals surface area contributed by atoms with Crippen LogP contribution in [0.5, 0.6) is 0 Å². The molecule has 1 aliphatic rings. The average molecular weight is 291 g/mol. The summed E-state index contributed by atoms with van der Waals surface area (Å²) in [4.78, 5) is 3.96. The highest BCUT2D eigenvalue weighted by Crippen LogP contribution is 2.30. The molecule has 0 saturated carbocycles. The van der Waals surface area contributed by atoms with Gasteiger partial charge in [0, 0.05) is 26.3 Å². The van der Waals surface area contributed by atoms with E-state index in [9.17, 15) is 8.42 Å². The molecule has 1 aliphatic heterocycles. The monoisotopic (exact) mass is 291 g/mol. The van der Waals surface area contributed by atoms with Gasteiger partial charge >= 0.3 is 0 Å². The Hall–Kier alpha value is -1.66. The molecular formula is C14H17N3O2S. The van der Waals surface area contributed by atoms with Crippen LogP contribution in [0.3, 0.4) is 0 Å². The maximum Gasteiger partial charge on any atom is 0.262 e. The van der Waals surface area contributed by atoms with Gasteiger partial charge in [-0.15, -0.1) is 0 Å². The van der Waals surface area contributed by atoms with Crippen LogP contribution < -0.4 is 0 Å². The van der Waals surface area contributed by atoms with E-state index in [1.165, 1.54) is 16.2 Å². The zero-order valence-corrected chi connectivity index (χ0v) is 12.1. The van der Waals surface area contributed by atoms with Gasteiger partial charge in [0.2, 0.25) is 0 Å². The Morgan fingerprint density at radius 1 is 1.25 bits per heavy atom. The fraction of sp³-hybridized carbons (Fsp3) is 0.357. The Kier molecular flexibility index (Phi) is 3.35. The molecule has 1 atom stereocenters. The van der Waals surface area contributed by atoms with Gasteiger partial charge in [-0.2, -0.15) is 4.31 Å². The van der Waals surface area contributed by atoms with Gasteiger partial charge in [0.15, 0.2) is 5.03 Å². The molecule has 1 saturated heterocycles. The molecule has 0 unspecified atom stereocenters. The van der Waals surface area contributed by atoms with Crippen molar-refractivity contribution in [2.24, 2.45) is 7.05 Å². The number of rotatable bonds is 3. The van der Waals surface area contributed by atoms with Crippen molar-refractivity contribution >= 4 is 10.0 Å². The highest BCUT2D eigenvalue weighted by Gasteiger charge is 2.34. The zero-order chi connectivity index (χ0) is 14.2. The van der Waals surface area contributed by atoms with E-state index in [-0.39, 0.29) is 10.9 Å². The van der Waals surface area contributed by atoms with Gasteiger partial charge in [-0.25, -0.2) is 13.4 Å². The van der Waals surface area contributed by atoms with E-state index in [1.807, 2.05) is 18.2 Å². The van der Waals surface area contributed by atoms with Crippen LogP contribution in [-0.2, 0) is 17.1 Å². The van der Waals surface area contributed by atoms with Crippen molar-refractivity contribution in [1.29, 1.82) is 0 Å². The summed E-state index contributed by atoms with van der Waals surface area (Å²) >= 11 is 0. The van der Waals surface area contributed by atoms with E-state index < -0.39 is 10.0 Å². The van der Waals surface area contributed by atoms with Gasteiger partial charge < -0.3 is 4.57 Å². The number of benzene rings is 1. The first-order valence-corrected chi connectivity index (χ1v) is 8.04. The van der Waals surface area contributed by atoms with E-state index >= 15 is 0 Å². The summed E-state index contributed by atoms with van der Waals surface area (Å²) in [5, 5.41) is 0.133. The molecule has 106 valence electrons. The van der Waals surface area contributed by atoms with Crippen molar-refractivity contribution in [3.8, 4) is 0 Å². The summed E-state index contributed by atoms with van der Waals surface area (Å²) in [6.45, 7) is 1.08. The molecule has 1 fully saturated rings. The Labute approximate surface area is 118 Å². The van der Waals surface area contributed by atoms with Crippen LogP contribution in [0.2, 0.25) is 0 Å². The molecule has 3 rings (SSSR count). The normalized spacial score (nSPS) is 20.4. The highest BCUT2D eigenvalue weighted by molar-refractivity contribution is 7.89. The van der Waals surface area contributed by atoms with Gasteiger partial charge in [-0.3, -0.25) is 0 Å². The molecule has 2 aromatic rings. The number of hydrogen-bond donors (Lipinski definition) is 0. The molecule has 0 N–H and O–H groups in total. The smallest absolute Gasteiger partial charge is 0.262 e. The average Bonchev–Trinajstić information content (AvgIpc) is 3.09. The van der Waals surface area contributed by atoms with E-state index in [2.05, 4.69) is 17.1 Å². The summed E-state index contributed by atoms with van der Waals surface area (Å²) in [7, 11) is -1.69. The molecule has 0 amide bonds. The Morgan fingerprint density at radius 3 is 2.65 bits per heavy atom. The zero-order valence-electron chi connectivity index (χ0n) is 11.3. The molecule has 1 aromatic carbocycles. The van der Waals surface area contributed by atoms with E-state index in [0.29, 0.717) is 13.1 Å². The van der Waals surface area contributed by atoms with Gasteiger partial charge in [-0.1, -0.05) is 30.3 Å². The number of sulfonamides is 1. The van der Waals surface area contributed by atoms with Crippen LogP contribution in [0.4, 0.5) is 0 Å². The Bertz CT molecular complexity index is 694. The number of aryl methyl sites for hydroxylation is 1. The van der Waals surface area contributed by atoms with Crippen LogP contribution in [-0.4, -0.2) is 35.4 Å². The fourth-order valence-corrected chi connectivity index (χ4v) is 4.06. The number of imidazole rings is 1. The first-order valence-electron chi connectivity index (χ1n) is 6.60. The van der Waals surface area contributed by atoms with Crippen molar-refractivity contribution in [1.82, 2.24) is 13.9 Å². The number of hydrogen-bond acceptors (Lipinski definition) is 3. The van der Waals surface area contributed by atoms with Crippen molar-refractivity contribution in [3.05, 3.63) is 48.4 Å². The summed E-state index contributed by atoms with van der Waals surface area (Å²) < 4.78 is 28.1. The minimum absolute atomic E-state index is 0.133. The second-order valence-electron chi connectivity index (χ2n) is 5.14. The van der Waals surface area contributed by atoms with Gasteiger partial charge in [0.1, 0.15) is 0 Å². The molecule has 5 nitrogen and oxygen atoms in total. The molecule has 20 heavy (non-hydrogen) atoms. The lowest BCUT2D eigenvalue weighted by atomic mass is 9.99. The molecule has 0 bridgehead atoms. The summed E-state index contributed by atoms with van der Waals surface area (Å²) in [6.07, 6.45) is 3.92. The third kappa shape index (κ3) is 2.36. The van der Waals surface area contributed by atoms with Gasteiger partial charge in [-0.05, 0) is 17.9 Å². The third-order valence-electron chi connectivity index (χ3n) is 3.71. The number of nitrogens with zero attached hydrogens (tertiary/aromatic N) is 3. The standard InChI is InChI=1S/C14H17N3O2S/c1-16-10-14(15-11-16)20(18,19)17-8-7-13(9-17)12-5-3-2-4-6-12/h2-6,10-11,13H,7-9H2,1H3/t13-/m0/s1. The Morgan fingerprint density at radius 2 is 2.00 bits per heavy atom. The second-order valence-corrected chi connectivity index (χ2v) is 7.02. The largest absolute Gasteiger partial charge is 0.339 e. The maximum atomic E-state index is 12.5. The summed E-state index contributed by atoms with van der Waals surface area (Å²) in [5.41, 5.74) is 1.20. The van der Waals surface area contributed by atoms with Crippen LogP contribution in [0.25, 0.3) is 0 Å². The van der Waals surface area contributed by atoms with E-state index in [0.717, 1.165) is 6.42 Å². The van der Waals surface area contributed by atoms with Crippen LogP contribution in [0, 0.1) is 0 Å². The predicted octanol–water partition coefficient (Wildman–Crippen LogP) is 1.60. The minimum atomic E-state index is -3.46. The van der Waals surface area contributed by atoms with Crippen molar-refractivity contribution in [3.63, 3.8) is 0 Å². The second kappa shape index (κ2) is 5.03. The lowest BCUT2D eigenvalue weighted by Crippen LogP contribution is -2.29. The molecule has 1 aromatic heterocycles. The SMILES string of the molecule is Cn1cnc(S(=O)(=O)N2CC[C@H](c3ccccc3)C2)c1. The topological polar surface area (TPSA) is 55.2 Å². The lowest BCUT2D eigenvalue weighted by molar-refractivity contribution is 0.470. The van der Waals surface area contributed by atoms with Crippen LogP contribution in [0.1, 0.15) is 17.9 Å². The summed E-state index contributed by atoms with van der Waals surface area (Å²) in [6, 6.07) is 10.1. The highest BCUT2D eigenvalue weighted by atomic mass is 32.2. The molecule has 2 heterocycles. The number of aromatic nitrogens is 2. The lowest BCUT2D eigenvalue weighted by Gasteiger charge is -2.15. The minimum Gasteiger partial charge on any atom is -0.339 e. The maximum absolute atomic E-state index is 12.5. The summed E-state index contributed by atoms with van der Waals surface area (Å²) in [5.74, 6) is 0.273. The first kappa shape index (κ1) is 13.3. The molecule has 6 heteroatoms. The quantitative estimate of drug-likeness (QED) is 0.863. The van der Waals surface area contributed by atoms with E-state index in [4.69, 9.17) is 0 Å². The fourth-order valence-electron chi connectivity index (χ4n) is 2.60. The first-order chi connectivity index (χ1) is 9.57. The van der Waals surface area contributed by atoms with Crippen molar-refractivity contribution in [2.45, 2.75) is 17.4 Å².